The van der Waals surface area contributed by atoms with Crippen LogP contribution in [-0.2, 0) is 0 Å². The highest BCUT2D eigenvalue weighted by atomic mass is 15.3. The molecule has 2 atom stereocenters. The van der Waals surface area contributed by atoms with E-state index in [0.717, 1.165) is 12.5 Å². The maximum atomic E-state index is 5.62. The van der Waals surface area contributed by atoms with Gasteiger partial charge in [-0.25, -0.2) is 0 Å². The van der Waals surface area contributed by atoms with Crippen molar-refractivity contribution in [2.24, 2.45) is 0 Å². The van der Waals surface area contributed by atoms with Crippen molar-refractivity contribution >= 4 is 0 Å². The lowest BCUT2D eigenvalue weighted by molar-refractivity contribution is 0.0855. The van der Waals surface area contributed by atoms with Crippen LogP contribution in [0.1, 0.15) is 32.6 Å². The van der Waals surface area contributed by atoms with E-state index in [1.54, 1.807) is 0 Å². The van der Waals surface area contributed by atoms with E-state index in [0.29, 0.717) is 6.04 Å². The molecule has 0 N–H and O–H groups in total. The van der Waals surface area contributed by atoms with Crippen LogP contribution in [0.3, 0.4) is 0 Å². The molecule has 0 aromatic carbocycles. The van der Waals surface area contributed by atoms with Crippen molar-refractivity contribution in [2.75, 3.05) is 26.2 Å². The molecular weight excluding hydrogens is 184 g/mol. The van der Waals surface area contributed by atoms with Crippen LogP contribution in [0.2, 0.25) is 0 Å². The topological polar surface area (TPSA) is 6.48 Å². The van der Waals surface area contributed by atoms with Crippen molar-refractivity contribution in [1.82, 2.24) is 9.80 Å². The first-order chi connectivity index (χ1) is 7.35. The van der Waals surface area contributed by atoms with E-state index in [2.05, 4.69) is 22.6 Å². The summed E-state index contributed by atoms with van der Waals surface area (Å²) in [6.07, 6.45) is 10.7. The van der Waals surface area contributed by atoms with Crippen molar-refractivity contribution < 1.29 is 0 Å². The predicted octanol–water partition coefficient (Wildman–Crippen LogP) is 1.57. The van der Waals surface area contributed by atoms with E-state index in [4.69, 9.17) is 6.42 Å². The van der Waals surface area contributed by atoms with Gasteiger partial charge in [-0.15, -0.1) is 6.42 Å². The van der Waals surface area contributed by atoms with Gasteiger partial charge in [0.1, 0.15) is 0 Å². The molecule has 2 fully saturated rings. The van der Waals surface area contributed by atoms with Crippen LogP contribution >= 0.6 is 0 Å². The van der Waals surface area contributed by atoms with Gasteiger partial charge >= 0.3 is 0 Å². The van der Waals surface area contributed by atoms with Gasteiger partial charge in [-0.1, -0.05) is 19.3 Å². The number of hydrogen-bond acceptors (Lipinski definition) is 2. The number of rotatable bonds is 3. The van der Waals surface area contributed by atoms with E-state index in [1.807, 2.05) is 0 Å². The Hall–Kier alpha value is -0.520. The summed E-state index contributed by atoms with van der Waals surface area (Å²) in [6.45, 7) is 7.13. The Kier molecular flexibility index (Phi) is 3.66. The third-order valence-corrected chi connectivity index (χ3v) is 3.81. The molecule has 0 aliphatic carbocycles. The fraction of sp³-hybridized carbons (Fsp3) is 0.846. The number of hydrogen-bond donors (Lipinski definition) is 0. The maximum Gasteiger partial charge on any atom is 0.0712 e. The molecule has 84 valence electrons. The molecule has 2 saturated heterocycles. The van der Waals surface area contributed by atoms with Gasteiger partial charge < -0.3 is 0 Å². The summed E-state index contributed by atoms with van der Waals surface area (Å²) in [5.74, 6) is 2.96. The number of terminal acetylenes is 1. The zero-order valence-electron chi connectivity index (χ0n) is 9.78. The highest BCUT2D eigenvalue weighted by Gasteiger charge is 2.32. The standard InChI is InChI=1S/C13H22N2/c1-3-6-12(4-2)15-10-9-14-8-5-7-13(14)11-15/h2,12-13H,3,5-11H2,1H3. The lowest BCUT2D eigenvalue weighted by atomic mass is 10.1. The molecule has 2 rings (SSSR count). The number of fused-ring (bicyclic) bond motifs is 1. The van der Waals surface area contributed by atoms with Gasteiger partial charge in [-0.3, -0.25) is 9.80 Å². The molecule has 2 heteroatoms. The average molecular weight is 206 g/mol. The number of piperazine rings is 1. The zero-order valence-corrected chi connectivity index (χ0v) is 9.78. The molecule has 2 aliphatic heterocycles. The Morgan fingerprint density at radius 2 is 2.27 bits per heavy atom. The zero-order chi connectivity index (χ0) is 10.7. The van der Waals surface area contributed by atoms with E-state index in [9.17, 15) is 0 Å². The third kappa shape index (κ3) is 2.35. The van der Waals surface area contributed by atoms with Crippen LogP contribution in [0, 0.1) is 12.3 Å². The molecule has 0 saturated carbocycles. The molecule has 2 aliphatic rings. The first-order valence-corrected chi connectivity index (χ1v) is 6.29. The van der Waals surface area contributed by atoms with Crippen molar-refractivity contribution in [3.05, 3.63) is 0 Å². The third-order valence-electron chi connectivity index (χ3n) is 3.81. The summed E-state index contributed by atoms with van der Waals surface area (Å²) < 4.78 is 0. The minimum Gasteiger partial charge on any atom is -0.298 e. The smallest absolute Gasteiger partial charge is 0.0712 e. The largest absolute Gasteiger partial charge is 0.298 e. The molecular formula is C13H22N2. The molecule has 2 nitrogen and oxygen atoms in total. The highest BCUT2D eigenvalue weighted by molar-refractivity contribution is 5.02. The monoisotopic (exact) mass is 206 g/mol. The lowest BCUT2D eigenvalue weighted by Gasteiger charge is -2.40. The highest BCUT2D eigenvalue weighted by Crippen LogP contribution is 2.23. The molecule has 0 bridgehead atoms. The molecule has 0 spiro atoms. The van der Waals surface area contributed by atoms with Crippen molar-refractivity contribution in [3.8, 4) is 12.3 Å². The molecule has 0 aromatic rings. The minimum absolute atomic E-state index is 0.387. The molecule has 0 amide bonds. The Balaban J connectivity index is 1.91. The molecule has 15 heavy (non-hydrogen) atoms. The molecule has 0 radical (unpaired) electrons. The lowest BCUT2D eigenvalue weighted by Crippen LogP contribution is -2.53. The van der Waals surface area contributed by atoms with Gasteiger partial charge in [0.05, 0.1) is 6.04 Å². The summed E-state index contributed by atoms with van der Waals surface area (Å²) in [4.78, 5) is 5.16. The minimum atomic E-state index is 0.387. The first kappa shape index (κ1) is 11.0. The quantitative estimate of drug-likeness (QED) is 0.647. The SMILES string of the molecule is C#CC(CCC)N1CCN2CCCC2C1. The van der Waals surface area contributed by atoms with Gasteiger partial charge in [0.2, 0.25) is 0 Å². The summed E-state index contributed by atoms with van der Waals surface area (Å²) in [5, 5.41) is 0. The van der Waals surface area contributed by atoms with Gasteiger partial charge in [0.15, 0.2) is 0 Å². The van der Waals surface area contributed by atoms with E-state index in [1.165, 1.54) is 45.4 Å². The van der Waals surface area contributed by atoms with Crippen LogP contribution in [0.5, 0.6) is 0 Å². The van der Waals surface area contributed by atoms with Crippen LogP contribution in [0.4, 0.5) is 0 Å². The van der Waals surface area contributed by atoms with Crippen molar-refractivity contribution in [2.45, 2.75) is 44.7 Å². The molecule has 2 heterocycles. The second-order valence-corrected chi connectivity index (χ2v) is 4.80. The Labute approximate surface area is 93.6 Å². The average Bonchev–Trinajstić information content (AvgIpc) is 2.72. The summed E-state index contributed by atoms with van der Waals surface area (Å²) in [6, 6.07) is 1.18. The second kappa shape index (κ2) is 5.01. The van der Waals surface area contributed by atoms with Crippen molar-refractivity contribution in [3.63, 3.8) is 0 Å². The Bertz CT molecular complexity index is 243. The van der Waals surface area contributed by atoms with Gasteiger partial charge in [-0.2, -0.15) is 0 Å². The van der Waals surface area contributed by atoms with Gasteiger partial charge in [0.25, 0.3) is 0 Å². The van der Waals surface area contributed by atoms with Crippen LogP contribution in [-0.4, -0.2) is 48.1 Å². The van der Waals surface area contributed by atoms with Gasteiger partial charge in [-0.05, 0) is 25.8 Å². The van der Waals surface area contributed by atoms with E-state index in [-0.39, 0.29) is 0 Å². The molecule has 2 unspecified atom stereocenters. The predicted molar refractivity (Wildman–Crippen MR) is 63.7 cm³/mol. The first-order valence-electron chi connectivity index (χ1n) is 6.29. The summed E-state index contributed by atoms with van der Waals surface area (Å²) in [7, 11) is 0. The fourth-order valence-electron chi connectivity index (χ4n) is 2.94. The van der Waals surface area contributed by atoms with Gasteiger partial charge in [0, 0.05) is 25.7 Å². The van der Waals surface area contributed by atoms with E-state index >= 15 is 0 Å². The summed E-state index contributed by atoms with van der Waals surface area (Å²) >= 11 is 0. The van der Waals surface area contributed by atoms with Crippen molar-refractivity contribution in [1.29, 1.82) is 0 Å². The molecule has 0 aromatic heterocycles. The van der Waals surface area contributed by atoms with E-state index < -0.39 is 0 Å². The Morgan fingerprint density at radius 1 is 1.40 bits per heavy atom. The Morgan fingerprint density at radius 3 is 3.00 bits per heavy atom. The van der Waals surface area contributed by atoms with Crippen LogP contribution in [0.15, 0.2) is 0 Å². The normalized spacial score (nSPS) is 29.7. The van der Waals surface area contributed by atoms with Crippen LogP contribution < -0.4 is 0 Å². The fourth-order valence-corrected chi connectivity index (χ4v) is 2.94. The maximum absolute atomic E-state index is 5.62. The van der Waals surface area contributed by atoms with Crippen LogP contribution in [0.25, 0.3) is 0 Å². The number of nitrogens with zero attached hydrogens (tertiary/aromatic N) is 2. The second-order valence-electron chi connectivity index (χ2n) is 4.80. The summed E-state index contributed by atoms with van der Waals surface area (Å²) in [5.41, 5.74) is 0.